The Morgan fingerprint density at radius 3 is 2.59 bits per heavy atom. The number of furan rings is 1. The number of benzene rings is 2. The van der Waals surface area contributed by atoms with Crippen molar-refractivity contribution in [2.75, 3.05) is 0 Å². The highest BCUT2D eigenvalue weighted by Gasteiger charge is 2.11. The van der Waals surface area contributed by atoms with Crippen molar-refractivity contribution in [2.24, 2.45) is 0 Å². The lowest BCUT2D eigenvalue weighted by Gasteiger charge is -1.98. The molecule has 2 aromatic carbocycles. The number of carboxylic acid groups (broad SMARTS) is 1. The van der Waals surface area contributed by atoms with E-state index in [1.807, 2.05) is 24.3 Å². The van der Waals surface area contributed by atoms with Crippen molar-refractivity contribution in [3.05, 3.63) is 77.0 Å². The summed E-state index contributed by atoms with van der Waals surface area (Å²) in [6.45, 7) is 0. The van der Waals surface area contributed by atoms with Crippen molar-refractivity contribution >= 4 is 39.2 Å². The molecule has 2 aromatic heterocycles. The van der Waals surface area contributed by atoms with Gasteiger partial charge in [0.2, 0.25) is 0 Å². The summed E-state index contributed by atoms with van der Waals surface area (Å²) in [7, 11) is 0. The number of hydrogen-bond acceptors (Lipinski definition) is 5. The Hall–Kier alpha value is -3.69. The molecule has 0 atom stereocenters. The van der Waals surface area contributed by atoms with Gasteiger partial charge in [-0.25, -0.2) is 9.78 Å². The van der Waals surface area contributed by atoms with E-state index in [1.54, 1.807) is 30.3 Å². The predicted molar refractivity (Wildman–Crippen MR) is 104 cm³/mol. The van der Waals surface area contributed by atoms with Crippen LogP contribution in [0.5, 0.6) is 0 Å². The van der Waals surface area contributed by atoms with E-state index >= 15 is 0 Å². The van der Waals surface area contributed by atoms with Gasteiger partial charge < -0.3 is 9.52 Å². The van der Waals surface area contributed by atoms with Gasteiger partial charge in [-0.2, -0.15) is 5.26 Å². The highest BCUT2D eigenvalue weighted by atomic mass is 32.1. The van der Waals surface area contributed by atoms with Gasteiger partial charge in [0.05, 0.1) is 21.4 Å². The average Bonchev–Trinajstić information content (AvgIpc) is 3.33. The topological polar surface area (TPSA) is 87.1 Å². The molecule has 0 spiro atoms. The second-order valence-corrected chi connectivity index (χ2v) is 6.77. The summed E-state index contributed by atoms with van der Waals surface area (Å²) in [6.07, 6.45) is 1.66. The number of rotatable bonds is 4. The molecule has 0 radical (unpaired) electrons. The molecule has 0 fully saturated rings. The lowest BCUT2D eigenvalue weighted by Crippen LogP contribution is -1.94. The highest BCUT2D eigenvalue weighted by Crippen LogP contribution is 2.29. The first-order valence-corrected chi connectivity index (χ1v) is 8.87. The van der Waals surface area contributed by atoms with Crippen molar-refractivity contribution in [2.45, 2.75) is 0 Å². The maximum absolute atomic E-state index is 10.9. The van der Waals surface area contributed by atoms with Crippen molar-refractivity contribution in [3.8, 4) is 17.4 Å². The fourth-order valence-corrected chi connectivity index (χ4v) is 3.57. The first kappa shape index (κ1) is 16.8. The summed E-state index contributed by atoms with van der Waals surface area (Å²) in [5.74, 6) is 0.155. The van der Waals surface area contributed by atoms with Gasteiger partial charge >= 0.3 is 5.97 Å². The summed E-state index contributed by atoms with van der Waals surface area (Å²) in [4.78, 5) is 15.4. The van der Waals surface area contributed by atoms with Crippen LogP contribution < -0.4 is 0 Å². The number of thiazole rings is 1. The molecular weight excluding hydrogens is 360 g/mol. The smallest absolute Gasteiger partial charge is 0.335 e. The Kier molecular flexibility index (Phi) is 4.29. The predicted octanol–water partition coefficient (Wildman–Crippen LogP) is 5.32. The van der Waals surface area contributed by atoms with Gasteiger partial charge in [-0.05, 0) is 36.4 Å². The van der Waals surface area contributed by atoms with Crippen molar-refractivity contribution in [1.29, 1.82) is 5.26 Å². The van der Waals surface area contributed by atoms with Gasteiger partial charge in [0, 0.05) is 11.6 Å². The number of hydrogen-bond donors (Lipinski definition) is 1. The number of carbonyl (C=O) groups is 1. The third-order valence-electron chi connectivity index (χ3n) is 3.97. The molecule has 0 bridgehead atoms. The molecule has 0 aliphatic rings. The van der Waals surface area contributed by atoms with Gasteiger partial charge in [-0.15, -0.1) is 11.3 Å². The minimum atomic E-state index is -0.973. The maximum Gasteiger partial charge on any atom is 0.335 e. The molecule has 4 rings (SSSR count). The molecule has 0 unspecified atom stereocenters. The summed E-state index contributed by atoms with van der Waals surface area (Å²) in [6, 6.07) is 19.9. The summed E-state index contributed by atoms with van der Waals surface area (Å²) in [5.41, 5.74) is 2.27. The molecule has 0 saturated carbocycles. The monoisotopic (exact) mass is 372 g/mol. The Morgan fingerprint density at radius 1 is 1.11 bits per heavy atom. The van der Waals surface area contributed by atoms with E-state index in [0.29, 0.717) is 22.1 Å². The summed E-state index contributed by atoms with van der Waals surface area (Å²) < 4.78 is 6.82. The van der Waals surface area contributed by atoms with Gasteiger partial charge in [0.1, 0.15) is 22.6 Å². The van der Waals surface area contributed by atoms with Crippen LogP contribution in [-0.2, 0) is 0 Å². The van der Waals surface area contributed by atoms with Crippen LogP contribution in [0.4, 0.5) is 0 Å². The number of allylic oxidation sites excluding steroid dienone is 1. The van der Waals surface area contributed by atoms with E-state index in [9.17, 15) is 10.1 Å². The van der Waals surface area contributed by atoms with Crippen molar-refractivity contribution in [1.82, 2.24) is 4.98 Å². The van der Waals surface area contributed by atoms with Crippen LogP contribution in [0.1, 0.15) is 21.1 Å². The normalized spacial score (nSPS) is 11.4. The van der Waals surface area contributed by atoms with Gasteiger partial charge in [0.25, 0.3) is 0 Å². The first-order valence-electron chi connectivity index (χ1n) is 8.05. The first-order chi connectivity index (χ1) is 13.1. The van der Waals surface area contributed by atoms with Crippen LogP contribution in [0.2, 0.25) is 0 Å². The SMILES string of the molecule is N#C/C(=C/c1ccc(-c2ccc(C(=O)O)cc2)o1)c1nc2ccccc2s1. The second-order valence-electron chi connectivity index (χ2n) is 5.74. The zero-order valence-electron chi connectivity index (χ0n) is 13.9. The Morgan fingerprint density at radius 2 is 1.89 bits per heavy atom. The molecule has 0 aliphatic heterocycles. The van der Waals surface area contributed by atoms with Gasteiger partial charge in [-0.1, -0.05) is 24.3 Å². The van der Waals surface area contributed by atoms with Crippen molar-refractivity contribution in [3.63, 3.8) is 0 Å². The largest absolute Gasteiger partial charge is 0.478 e. The van der Waals surface area contributed by atoms with E-state index in [4.69, 9.17) is 9.52 Å². The molecule has 1 N–H and O–H groups in total. The standard InChI is InChI=1S/C21H12N2O3S/c22-12-15(20-23-17-3-1-2-4-19(17)27-20)11-16-9-10-18(26-16)13-5-7-14(8-6-13)21(24)25/h1-11H,(H,24,25)/b15-11-. The lowest BCUT2D eigenvalue weighted by atomic mass is 10.1. The zero-order chi connectivity index (χ0) is 18.8. The van der Waals surface area contributed by atoms with E-state index in [-0.39, 0.29) is 5.56 Å². The van der Waals surface area contributed by atoms with Gasteiger partial charge in [0.15, 0.2) is 0 Å². The third-order valence-corrected chi connectivity index (χ3v) is 5.04. The number of para-hydroxylation sites is 1. The molecule has 2 heterocycles. The molecule has 0 aliphatic carbocycles. The average molecular weight is 372 g/mol. The number of nitrogens with zero attached hydrogens (tertiary/aromatic N) is 2. The van der Waals surface area contributed by atoms with Crippen LogP contribution in [-0.4, -0.2) is 16.1 Å². The Labute approximate surface area is 158 Å². The molecule has 0 saturated heterocycles. The lowest BCUT2D eigenvalue weighted by molar-refractivity contribution is 0.0697. The summed E-state index contributed by atoms with van der Waals surface area (Å²) in [5, 5.41) is 19.1. The zero-order valence-corrected chi connectivity index (χ0v) is 14.7. The number of aromatic carboxylic acids is 1. The fourth-order valence-electron chi connectivity index (χ4n) is 2.63. The second kappa shape index (κ2) is 6.90. The van der Waals surface area contributed by atoms with E-state index in [2.05, 4.69) is 11.1 Å². The van der Waals surface area contributed by atoms with Crippen LogP contribution in [0.25, 0.3) is 33.2 Å². The summed E-state index contributed by atoms with van der Waals surface area (Å²) >= 11 is 1.46. The highest BCUT2D eigenvalue weighted by molar-refractivity contribution is 7.19. The van der Waals surface area contributed by atoms with E-state index in [1.165, 1.54) is 23.5 Å². The molecule has 130 valence electrons. The maximum atomic E-state index is 10.9. The van der Waals surface area contributed by atoms with Crippen molar-refractivity contribution < 1.29 is 14.3 Å². The molecule has 0 amide bonds. The minimum Gasteiger partial charge on any atom is -0.478 e. The van der Waals surface area contributed by atoms with E-state index < -0.39 is 5.97 Å². The van der Waals surface area contributed by atoms with Crippen LogP contribution >= 0.6 is 11.3 Å². The molecule has 6 heteroatoms. The molecular formula is C21H12N2O3S. The van der Waals surface area contributed by atoms with Crippen LogP contribution in [0.15, 0.2) is 65.1 Å². The number of carboxylic acids is 1. The molecule has 5 nitrogen and oxygen atoms in total. The number of fused-ring (bicyclic) bond motifs is 1. The quantitative estimate of drug-likeness (QED) is 0.490. The number of aromatic nitrogens is 1. The fraction of sp³-hybridized carbons (Fsp3) is 0. The molecule has 27 heavy (non-hydrogen) atoms. The Balaban J connectivity index is 1.65. The Bertz CT molecular complexity index is 1180. The van der Waals surface area contributed by atoms with Gasteiger partial charge in [-0.3, -0.25) is 0 Å². The minimum absolute atomic E-state index is 0.216. The molecule has 4 aromatic rings. The van der Waals surface area contributed by atoms with Crippen LogP contribution in [0.3, 0.4) is 0 Å². The van der Waals surface area contributed by atoms with E-state index in [0.717, 1.165) is 15.8 Å². The third kappa shape index (κ3) is 3.36. The van der Waals surface area contributed by atoms with Crippen LogP contribution in [0, 0.1) is 11.3 Å². The number of nitriles is 1.